The number of hydrogen-bond donors (Lipinski definition) is 2. The Morgan fingerprint density at radius 3 is 2.40 bits per heavy atom. The molecule has 0 saturated heterocycles. The first kappa shape index (κ1) is 17.0. The fraction of sp³-hybridized carbons (Fsp3) is 0.389. The van der Waals surface area contributed by atoms with Gasteiger partial charge in [-0.05, 0) is 49.9 Å². The first-order valence-corrected chi connectivity index (χ1v) is 8.25. The second-order valence-electron chi connectivity index (χ2n) is 6.75. The SMILES string of the molecule is Cc1cc(C)cc(N(C)CC(=O)c2c(N)n(C3CC3)c(=O)[nH]c2=O)c1. The molecule has 1 saturated carbocycles. The maximum absolute atomic E-state index is 12.7. The smallest absolute Gasteiger partial charge is 0.330 e. The van der Waals surface area contributed by atoms with Gasteiger partial charge in [0.05, 0.1) is 6.54 Å². The number of benzene rings is 1. The van der Waals surface area contributed by atoms with Crippen molar-refractivity contribution in [1.29, 1.82) is 0 Å². The molecule has 7 nitrogen and oxygen atoms in total. The van der Waals surface area contributed by atoms with Crippen molar-refractivity contribution in [3.05, 3.63) is 55.7 Å². The number of hydrogen-bond acceptors (Lipinski definition) is 5. The molecule has 1 heterocycles. The van der Waals surface area contributed by atoms with Gasteiger partial charge in [-0.25, -0.2) is 4.79 Å². The van der Waals surface area contributed by atoms with Crippen LogP contribution >= 0.6 is 0 Å². The van der Waals surface area contributed by atoms with Crippen LogP contribution in [0, 0.1) is 13.8 Å². The van der Waals surface area contributed by atoms with Gasteiger partial charge in [-0.3, -0.25) is 19.1 Å². The van der Waals surface area contributed by atoms with Gasteiger partial charge in [0.15, 0.2) is 5.78 Å². The number of likely N-dealkylation sites (N-methyl/N-ethyl adjacent to an activating group) is 1. The third-order valence-electron chi connectivity index (χ3n) is 4.40. The zero-order valence-electron chi connectivity index (χ0n) is 14.6. The largest absolute Gasteiger partial charge is 0.384 e. The second-order valence-corrected chi connectivity index (χ2v) is 6.75. The Morgan fingerprint density at radius 2 is 1.84 bits per heavy atom. The second kappa shape index (κ2) is 6.23. The number of aromatic amines is 1. The summed E-state index contributed by atoms with van der Waals surface area (Å²) in [6.45, 7) is 3.97. The lowest BCUT2D eigenvalue weighted by atomic mass is 10.1. The lowest BCUT2D eigenvalue weighted by Gasteiger charge is -2.20. The number of aryl methyl sites for hydroxylation is 2. The predicted octanol–water partition coefficient (Wildman–Crippen LogP) is 1.39. The van der Waals surface area contributed by atoms with E-state index in [1.54, 1.807) is 11.9 Å². The highest BCUT2D eigenvalue weighted by atomic mass is 16.2. The van der Waals surface area contributed by atoms with Crippen LogP contribution in [0.4, 0.5) is 11.5 Å². The van der Waals surface area contributed by atoms with E-state index >= 15 is 0 Å². The third-order valence-corrected chi connectivity index (χ3v) is 4.40. The molecule has 0 amide bonds. The normalized spacial score (nSPS) is 13.7. The Labute approximate surface area is 145 Å². The van der Waals surface area contributed by atoms with Crippen LogP contribution < -0.4 is 21.9 Å². The number of Topliss-reactive ketones (excluding diaryl/α,β-unsaturated/α-hetero) is 1. The van der Waals surface area contributed by atoms with Gasteiger partial charge in [0, 0.05) is 18.8 Å². The van der Waals surface area contributed by atoms with E-state index in [1.807, 2.05) is 32.0 Å². The molecule has 25 heavy (non-hydrogen) atoms. The number of nitrogen functional groups attached to an aromatic ring is 1. The summed E-state index contributed by atoms with van der Waals surface area (Å²) in [6, 6.07) is 5.97. The van der Waals surface area contributed by atoms with E-state index in [4.69, 9.17) is 5.73 Å². The Balaban J connectivity index is 1.92. The highest BCUT2D eigenvalue weighted by molar-refractivity contribution is 6.02. The number of carbonyl (C=O) groups is 1. The number of aromatic nitrogens is 2. The molecule has 0 atom stereocenters. The van der Waals surface area contributed by atoms with Gasteiger partial charge in [-0.1, -0.05) is 6.07 Å². The van der Waals surface area contributed by atoms with Gasteiger partial charge < -0.3 is 10.6 Å². The van der Waals surface area contributed by atoms with Crippen molar-refractivity contribution in [2.24, 2.45) is 0 Å². The van der Waals surface area contributed by atoms with Gasteiger partial charge in [-0.2, -0.15) is 0 Å². The number of nitrogens with one attached hydrogen (secondary N) is 1. The molecule has 1 aliphatic rings. The minimum atomic E-state index is -0.724. The number of carbonyl (C=O) groups excluding carboxylic acids is 1. The van der Waals surface area contributed by atoms with E-state index in [0.717, 1.165) is 29.7 Å². The van der Waals surface area contributed by atoms with Crippen LogP contribution in [0.25, 0.3) is 0 Å². The average Bonchev–Trinajstić information content (AvgIpc) is 3.30. The summed E-state index contributed by atoms with van der Waals surface area (Å²) in [7, 11) is 1.79. The number of ketones is 1. The first-order chi connectivity index (χ1) is 11.8. The van der Waals surface area contributed by atoms with E-state index in [-0.39, 0.29) is 24.0 Å². The minimum Gasteiger partial charge on any atom is -0.384 e. The highest BCUT2D eigenvalue weighted by Gasteiger charge is 2.30. The fourth-order valence-corrected chi connectivity index (χ4v) is 3.09. The highest BCUT2D eigenvalue weighted by Crippen LogP contribution is 2.35. The van der Waals surface area contributed by atoms with Crippen LogP contribution in [0.5, 0.6) is 0 Å². The summed E-state index contributed by atoms with van der Waals surface area (Å²) in [6.07, 6.45) is 1.65. The summed E-state index contributed by atoms with van der Waals surface area (Å²) >= 11 is 0. The molecule has 3 N–H and O–H groups in total. The van der Waals surface area contributed by atoms with Crippen LogP contribution in [-0.2, 0) is 0 Å². The van der Waals surface area contributed by atoms with Crippen molar-refractivity contribution in [3.8, 4) is 0 Å². The summed E-state index contributed by atoms with van der Waals surface area (Å²) < 4.78 is 1.32. The Morgan fingerprint density at radius 1 is 1.24 bits per heavy atom. The number of nitrogens with two attached hydrogens (primary N) is 1. The van der Waals surface area contributed by atoms with E-state index in [1.165, 1.54) is 4.57 Å². The van der Waals surface area contributed by atoms with Crippen LogP contribution in [-0.4, -0.2) is 28.9 Å². The number of nitrogens with zero attached hydrogens (tertiary/aromatic N) is 2. The molecule has 0 radical (unpaired) electrons. The quantitative estimate of drug-likeness (QED) is 0.800. The average molecular weight is 342 g/mol. The molecule has 0 unspecified atom stereocenters. The molecule has 1 aliphatic carbocycles. The van der Waals surface area contributed by atoms with E-state index in [2.05, 4.69) is 4.98 Å². The van der Waals surface area contributed by atoms with Crippen molar-refractivity contribution in [2.45, 2.75) is 32.7 Å². The summed E-state index contributed by atoms with van der Waals surface area (Å²) in [5.41, 5.74) is 7.65. The molecule has 0 aliphatic heterocycles. The fourth-order valence-electron chi connectivity index (χ4n) is 3.09. The molecule has 7 heteroatoms. The van der Waals surface area contributed by atoms with Gasteiger partial charge in [-0.15, -0.1) is 0 Å². The van der Waals surface area contributed by atoms with Crippen LogP contribution in [0.2, 0.25) is 0 Å². The zero-order chi connectivity index (χ0) is 18.3. The standard InChI is InChI=1S/C18H22N4O3/c1-10-6-11(2)8-13(7-10)21(3)9-14(23)15-16(19)22(12-4-5-12)18(25)20-17(15)24/h6-8,12H,4-5,9,19H2,1-3H3,(H,20,24,25). The number of anilines is 2. The van der Waals surface area contributed by atoms with Gasteiger partial charge >= 0.3 is 5.69 Å². The molecule has 132 valence electrons. The van der Waals surface area contributed by atoms with Crippen LogP contribution in [0.1, 0.15) is 40.4 Å². The first-order valence-electron chi connectivity index (χ1n) is 8.25. The summed E-state index contributed by atoms with van der Waals surface area (Å²) in [5.74, 6) is -0.440. The van der Waals surface area contributed by atoms with Crippen LogP contribution in [0.3, 0.4) is 0 Å². The zero-order valence-corrected chi connectivity index (χ0v) is 14.6. The molecule has 1 aromatic carbocycles. The maximum atomic E-state index is 12.7. The van der Waals surface area contributed by atoms with E-state index in [0.29, 0.717) is 0 Å². The number of rotatable bonds is 5. The monoisotopic (exact) mass is 342 g/mol. The molecular formula is C18H22N4O3. The Bertz CT molecular complexity index is 934. The van der Waals surface area contributed by atoms with Crippen molar-refractivity contribution in [1.82, 2.24) is 9.55 Å². The van der Waals surface area contributed by atoms with Crippen molar-refractivity contribution < 1.29 is 4.79 Å². The molecule has 3 rings (SSSR count). The molecule has 2 aromatic rings. The number of H-pyrrole nitrogens is 1. The minimum absolute atomic E-state index is 0.000949. The van der Waals surface area contributed by atoms with Gasteiger partial charge in [0.1, 0.15) is 11.4 Å². The predicted molar refractivity (Wildman–Crippen MR) is 97.5 cm³/mol. The third kappa shape index (κ3) is 3.35. The Hall–Kier alpha value is -2.83. The van der Waals surface area contributed by atoms with E-state index in [9.17, 15) is 14.4 Å². The molecular weight excluding hydrogens is 320 g/mol. The van der Waals surface area contributed by atoms with Crippen LogP contribution in [0.15, 0.2) is 27.8 Å². The van der Waals surface area contributed by atoms with E-state index < -0.39 is 17.0 Å². The van der Waals surface area contributed by atoms with Gasteiger partial charge in [0.25, 0.3) is 5.56 Å². The lowest BCUT2D eigenvalue weighted by Crippen LogP contribution is -2.38. The summed E-state index contributed by atoms with van der Waals surface area (Å²) in [4.78, 5) is 40.8. The Kier molecular flexibility index (Phi) is 4.24. The van der Waals surface area contributed by atoms with Crippen molar-refractivity contribution >= 4 is 17.3 Å². The maximum Gasteiger partial charge on any atom is 0.330 e. The molecule has 0 spiro atoms. The summed E-state index contributed by atoms with van der Waals surface area (Å²) in [5, 5.41) is 0. The van der Waals surface area contributed by atoms with Crippen molar-refractivity contribution in [3.63, 3.8) is 0 Å². The topological polar surface area (TPSA) is 101 Å². The molecule has 0 bridgehead atoms. The van der Waals surface area contributed by atoms with Gasteiger partial charge in [0.2, 0.25) is 0 Å². The molecule has 1 fully saturated rings. The van der Waals surface area contributed by atoms with Crippen molar-refractivity contribution in [2.75, 3.05) is 24.2 Å². The molecule has 1 aromatic heterocycles. The lowest BCUT2D eigenvalue weighted by molar-refractivity contribution is 0.0999.